The van der Waals surface area contributed by atoms with Gasteiger partial charge in [0.2, 0.25) is 0 Å². The van der Waals surface area contributed by atoms with E-state index >= 15 is 0 Å². The summed E-state index contributed by atoms with van der Waals surface area (Å²) in [5, 5.41) is 10.4. The van der Waals surface area contributed by atoms with Crippen LogP contribution >= 0.6 is 11.3 Å². The molecule has 1 unspecified atom stereocenters. The Bertz CT molecular complexity index is 610. The third-order valence-corrected chi connectivity index (χ3v) is 6.33. The molecule has 2 aliphatic rings. The lowest BCUT2D eigenvalue weighted by atomic mass is 9.62. The van der Waals surface area contributed by atoms with Gasteiger partial charge in [-0.05, 0) is 37.2 Å². The molecule has 0 bridgehead atoms. The number of amides is 1. The highest BCUT2D eigenvalue weighted by atomic mass is 32.1. The van der Waals surface area contributed by atoms with E-state index < -0.39 is 5.91 Å². The Kier molecular flexibility index (Phi) is 3.66. The molecule has 112 valence electrons. The van der Waals surface area contributed by atoms with Crippen molar-refractivity contribution in [1.29, 1.82) is 5.26 Å². The summed E-state index contributed by atoms with van der Waals surface area (Å²) in [5.41, 5.74) is 12.7. The largest absolute Gasteiger partial charge is 0.390 e. The molecule has 0 spiro atoms. The average molecular weight is 303 g/mol. The quantitative estimate of drug-likeness (QED) is 0.879. The lowest BCUT2D eigenvalue weighted by Crippen LogP contribution is -2.36. The van der Waals surface area contributed by atoms with Gasteiger partial charge >= 0.3 is 0 Å². The van der Waals surface area contributed by atoms with Gasteiger partial charge in [0.15, 0.2) is 0 Å². The molecule has 21 heavy (non-hydrogen) atoms. The van der Waals surface area contributed by atoms with Crippen molar-refractivity contribution in [3.8, 4) is 6.07 Å². The fraction of sp³-hybridized carbons (Fsp3) is 0.625. The molecule has 1 aromatic heterocycles. The van der Waals surface area contributed by atoms with Crippen LogP contribution in [0, 0.1) is 22.7 Å². The van der Waals surface area contributed by atoms with Gasteiger partial charge in [0.1, 0.15) is 0 Å². The third kappa shape index (κ3) is 2.32. The lowest BCUT2D eigenvalue weighted by molar-refractivity contribution is 0.0999. The molecule has 1 aromatic rings. The number of anilines is 1. The van der Waals surface area contributed by atoms with Gasteiger partial charge in [0.25, 0.3) is 5.91 Å². The maximum atomic E-state index is 11.6. The predicted molar refractivity (Wildman–Crippen MR) is 83.9 cm³/mol. The number of nitrogens with two attached hydrogens (primary N) is 2. The van der Waals surface area contributed by atoms with Crippen molar-refractivity contribution in [3.05, 3.63) is 16.0 Å². The molecule has 4 N–H and O–H groups in total. The van der Waals surface area contributed by atoms with Gasteiger partial charge in [-0.3, -0.25) is 4.79 Å². The second-order valence-corrected chi connectivity index (χ2v) is 7.52. The van der Waals surface area contributed by atoms with Crippen LogP contribution in [0.25, 0.3) is 0 Å². The minimum Gasteiger partial charge on any atom is -0.390 e. The number of primary amides is 1. The number of rotatable bonds is 2. The van der Waals surface area contributed by atoms with Crippen LogP contribution in [0.4, 0.5) is 5.00 Å². The number of fused-ring (bicyclic) bond motifs is 1. The summed E-state index contributed by atoms with van der Waals surface area (Å²) in [5.74, 6) is 0.0527. The smallest absolute Gasteiger partial charge is 0.251 e. The molecule has 1 fully saturated rings. The van der Waals surface area contributed by atoms with Crippen molar-refractivity contribution in [2.24, 2.45) is 17.1 Å². The zero-order valence-electron chi connectivity index (χ0n) is 12.2. The van der Waals surface area contributed by atoms with Crippen molar-refractivity contribution in [1.82, 2.24) is 0 Å². The summed E-state index contributed by atoms with van der Waals surface area (Å²) >= 11 is 1.45. The van der Waals surface area contributed by atoms with E-state index in [1.165, 1.54) is 30.6 Å². The molecule has 1 amide bonds. The second-order valence-electron chi connectivity index (χ2n) is 6.39. The Hall–Kier alpha value is -1.54. The summed E-state index contributed by atoms with van der Waals surface area (Å²) in [4.78, 5) is 12.7. The van der Waals surface area contributed by atoms with Gasteiger partial charge in [-0.1, -0.05) is 19.3 Å². The van der Waals surface area contributed by atoms with Crippen molar-refractivity contribution < 1.29 is 4.79 Å². The number of carbonyl (C=O) groups excluding carboxylic acids is 1. The zero-order chi connectivity index (χ0) is 15.0. The van der Waals surface area contributed by atoms with Gasteiger partial charge < -0.3 is 11.5 Å². The molecule has 1 atom stereocenters. The first kappa shape index (κ1) is 14.4. The number of hydrogen-bond donors (Lipinski definition) is 2. The monoisotopic (exact) mass is 303 g/mol. The summed E-state index contributed by atoms with van der Waals surface area (Å²) in [7, 11) is 0. The molecular formula is C16H21N3OS. The number of nitriles is 1. The van der Waals surface area contributed by atoms with Crippen molar-refractivity contribution in [2.45, 2.75) is 51.4 Å². The standard InChI is InChI=1S/C16H21N3OS/c17-9-16(10-4-2-1-3-5-10)7-6-11-12(8-16)21-15(19)13(11)14(18)20/h10H,1-8,19H2,(H2,18,20). The fourth-order valence-corrected chi connectivity index (χ4v) is 5.37. The van der Waals surface area contributed by atoms with E-state index in [9.17, 15) is 10.1 Å². The first-order chi connectivity index (χ1) is 10.1. The number of nitrogen functional groups attached to an aromatic ring is 1. The highest BCUT2D eigenvalue weighted by molar-refractivity contribution is 7.16. The maximum Gasteiger partial charge on any atom is 0.251 e. The summed E-state index contributed by atoms with van der Waals surface area (Å²) < 4.78 is 0. The van der Waals surface area contributed by atoms with Crippen LogP contribution in [-0.2, 0) is 12.8 Å². The van der Waals surface area contributed by atoms with E-state index in [1.807, 2.05) is 0 Å². The van der Waals surface area contributed by atoms with Gasteiger partial charge in [-0.25, -0.2) is 0 Å². The molecule has 2 aliphatic carbocycles. The lowest BCUT2D eigenvalue weighted by Gasteiger charge is -2.40. The molecule has 3 rings (SSSR count). The maximum absolute atomic E-state index is 11.6. The van der Waals surface area contributed by atoms with Crippen LogP contribution in [0.3, 0.4) is 0 Å². The van der Waals surface area contributed by atoms with Crippen molar-refractivity contribution in [2.75, 3.05) is 5.73 Å². The average Bonchev–Trinajstić information content (AvgIpc) is 2.82. The molecule has 4 nitrogen and oxygen atoms in total. The van der Waals surface area contributed by atoms with Crippen LogP contribution in [0.5, 0.6) is 0 Å². The van der Waals surface area contributed by atoms with E-state index in [1.54, 1.807) is 0 Å². The fourth-order valence-electron chi connectivity index (χ4n) is 4.12. The van der Waals surface area contributed by atoms with Gasteiger partial charge in [0, 0.05) is 11.3 Å². The van der Waals surface area contributed by atoms with Crippen LogP contribution in [0.15, 0.2) is 0 Å². The Morgan fingerprint density at radius 2 is 2.05 bits per heavy atom. The molecule has 0 aromatic carbocycles. The zero-order valence-corrected chi connectivity index (χ0v) is 13.0. The van der Waals surface area contributed by atoms with E-state index in [2.05, 4.69) is 6.07 Å². The Morgan fingerprint density at radius 3 is 2.67 bits per heavy atom. The number of nitrogens with zero attached hydrogens (tertiary/aromatic N) is 1. The third-order valence-electron chi connectivity index (χ3n) is 5.27. The molecule has 1 heterocycles. The van der Waals surface area contributed by atoms with E-state index in [0.29, 0.717) is 16.5 Å². The Morgan fingerprint density at radius 1 is 1.33 bits per heavy atom. The Balaban J connectivity index is 1.94. The van der Waals surface area contributed by atoms with E-state index in [0.717, 1.165) is 42.5 Å². The summed E-state index contributed by atoms with van der Waals surface area (Å²) in [6, 6.07) is 2.64. The van der Waals surface area contributed by atoms with Crippen LogP contribution in [0.2, 0.25) is 0 Å². The van der Waals surface area contributed by atoms with Gasteiger partial charge in [-0.2, -0.15) is 5.26 Å². The molecule has 0 saturated heterocycles. The summed E-state index contributed by atoms with van der Waals surface area (Å²) in [6.07, 6.45) is 8.41. The minimum absolute atomic E-state index is 0.264. The highest BCUT2D eigenvalue weighted by Crippen LogP contribution is 2.49. The first-order valence-corrected chi connectivity index (χ1v) is 8.50. The minimum atomic E-state index is -0.438. The SMILES string of the molecule is N#CC1(C2CCCCC2)CCc2c(sc(N)c2C(N)=O)C1. The van der Waals surface area contributed by atoms with Gasteiger partial charge in [0.05, 0.1) is 22.0 Å². The van der Waals surface area contributed by atoms with Crippen LogP contribution in [0.1, 0.15) is 59.3 Å². The summed E-state index contributed by atoms with van der Waals surface area (Å²) in [6.45, 7) is 0. The number of hydrogen-bond acceptors (Lipinski definition) is 4. The number of carbonyl (C=O) groups is 1. The molecular weight excluding hydrogens is 282 g/mol. The van der Waals surface area contributed by atoms with E-state index in [-0.39, 0.29) is 5.41 Å². The molecule has 5 heteroatoms. The number of thiophene rings is 1. The van der Waals surface area contributed by atoms with Crippen molar-refractivity contribution >= 4 is 22.2 Å². The predicted octanol–water partition coefficient (Wildman–Crippen LogP) is 3.01. The molecule has 0 radical (unpaired) electrons. The van der Waals surface area contributed by atoms with Crippen LogP contribution in [-0.4, -0.2) is 5.91 Å². The second kappa shape index (κ2) is 5.34. The molecule has 1 saturated carbocycles. The first-order valence-electron chi connectivity index (χ1n) is 7.68. The molecule has 0 aliphatic heterocycles. The normalized spacial score (nSPS) is 26.0. The van der Waals surface area contributed by atoms with Crippen molar-refractivity contribution in [3.63, 3.8) is 0 Å². The highest BCUT2D eigenvalue weighted by Gasteiger charge is 2.43. The topological polar surface area (TPSA) is 92.9 Å². The van der Waals surface area contributed by atoms with Gasteiger partial charge in [-0.15, -0.1) is 11.3 Å². The van der Waals surface area contributed by atoms with Crippen LogP contribution < -0.4 is 11.5 Å². The van der Waals surface area contributed by atoms with E-state index in [4.69, 9.17) is 11.5 Å². The Labute approximate surface area is 129 Å².